The van der Waals surface area contributed by atoms with Crippen LogP contribution in [-0.2, 0) is 4.79 Å². The molecule has 0 aliphatic carbocycles. The van der Waals surface area contributed by atoms with Gasteiger partial charge in [0.1, 0.15) is 22.7 Å². The Labute approximate surface area is 136 Å². The number of para-hydroxylation sites is 1. The van der Waals surface area contributed by atoms with Crippen molar-refractivity contribution >= 4 is 11.9 Å². The predicted molar refractivity (Wildman–Crippen MR) is 83.6 cm³/mol. The van der Waals surface area contributed by atoms with E-state index in [2.05, 4.69) is 10.4 Å². The summed E-state index contributed by atoms with van der Waals surface area (Å²) in [6, 6.07) is 7.72. The van der Waals surface area contributed by atoms with E-state index in [4.69, 9.17) is 0 Å². The maximum atomic E-state index is 13.8. The number of carboxylic acid groups (broad SMARTS) is 1. The number of aromatic nitrogens is 2. The zero-order chi connectivity index (χ0) is 17.9. The van der Waals surface area contributed by atoms with Crippen LogP contribution >= 0.6 is 0 Å². The van der Waals surface area contributed by atoms with Gasteiger partial charge in [-0.15, -0.1) is 0 Å². The zero-order valence-corrected chi connectivity index (χ0v) is 13.1. The molecule has 1 amide bonds. The van der Waals surface area contributed by atoms with Gasteiger partial charge in [-0.2, -0.15) is 9.78 Å². The third kappa shape index (κ3) is 3.32. The predicted octanol–water partition coefficient (Wildman–Crippen LogP) is 1.35. The molecule has 0 saturated carbocycles. The average molecular weight is 333 g/mol. The number of nitrogens with zero attached hydrogens (tertiary/aromatic N) is 2. The first kappa shape index (κ1) is 17.3. The van der Waals surface area contributed by atoms with E-state index in [-0.39, 0.29) is 17.8 Å². The van der Waals surface area contributed by atoms with Gasteiger partial charge in [-0.1, -0.05) is 19.1 Å². The van der Waals surface area contributed by atoms with Gasteiger partial charge in [-0.05, 0) is 31.5 Å². The van der Waals surface area contributed by atoms with E-state index in [1.54, 1.807) is 6.92 Å². The van der Waals surface area contributed by atoms with Gasteiger partial charge in [0.25, 0.3) is 11.5 Å². The third-order valence-electron chi connectivity index (χ3n) is 3.68. The summed E-state index contributed by atoms with van der Waals surface area (Å²) in [5.41, 5.74) is -2.39. The topological polar surface area (TPSA) is 101 Å². The van der Waals surface area contributed by atoms with Gasteiger partial charge in [0.05, 0.1) is 0 Å². The molecule has 0 saturated heterocycles. The van der Waals surface area contributed by atoms with E-state index in [0.717, 1.165) is 22.9 Å². The van der Waals surface area contributed by atoms with Gasteiger partial charge in [0.2, 0.25) is 0 Å². The minimum Gasteiger partial charge on any atom is -0.480 e. The zero-order valence-electron chi connectivity index (χ0n) is 13.1. The maximum absolute atomic E-state index is 13.8. The highest BCUT2D eigenvalue weighted by Gasteiger charge is 2.33. The lowest BCUT2D eigenvalue weighted by Gasteiger charge is -2.24. The highest BCUT2D eigenvalue weighted by Crippen LogP contribution is 2.12. The molecular weight excluding hydrogens is 317 g/mol. The summed E-state index contributed by atoms with van der Waals surface area (Å²) in [6.45, 7) is 2.97. The Morgan fingerprint density at radius 1 is 1.29 bits per heavy atom. The van der Waals surface area contributed by atoms with Gasteiger partial charge in [0, 0.05) is 6.07 Å². The lowest BCUT2D eigenvalue weighted by Crippen LogP contribution is -2.52. The van der Waals surface area contributed by atoms with Gasteiger partial charge in [-0.3, -0.25) is 9.59 Å². The van der Waals surface area contributed by atoms with Crippen LogP contribution in [0.5, 0.6) is 0 Å². The molecule has 0 aliphatic heterocycles. The van der Waals surface area contributed by atoms with Crippen molar-refractivity contribution in [1.29, 1.82) is 0 Å². The lowest BCUT2D eigenvalue weighted by atomic mass is 9.99. The standard InChI is InChI=1S/C16H16FN3O4/c1-3-16(2,15(23)24)18-14(22)11-8-9-13(21)20(19-11)12-7-5-4-6-10(12)17/h4-9H,3H2,1-2H3,(H,18,22)(H,23,24). The number of hydrogen-bond acceptors (Lipinski definition) is 4. The van der Waals surface area contributed by atoms with Crippen molar-refractivity contribution in [3.05, 3.63) is 58.3 Å². The van der Waals surface area contributed by atoms with Crippen LogP contribution in [0.1, 0.15) is 30.8 Å². The monoisotopic (exact) mass is 333 g/mol. The minimum absolute atomic E-state index is 0.103. The SMILES string of the molecule is CCC(C)(NC(=O)c1ccc(=O)n(-c2ccccc2F)n1)C(=O)O. The van der Waals surface area contributed by atoms with E-state index in [0.29, 0.717) is 0 Å². The molecule has 0 spiro atoms. The first-order chi connectivity index (χ1) is 11.3. The first-order valence-electron chi connectivity index (χ1n) is 7.19. The van der Waals surface area contributed by atoms with Gasteiger partial charge >= 0.3 is 5.97 Å². The number of benzene rings is 1. The summed E-state index contributed by atoms with van der Waals surface area (Å²) in [4.78, 5) is 35.4. The van der Waals surface area contributed by atoms with Crippen molar-refractivity contribution in [2.24, 2.45) is 0 Å². The second-order valence-electron chi connectivity index (χ2n) is 5.36. The second-order valence-corrected chi connectivity index (χ2v) is 5.36. The highest BCUT2D eigenvalue weighted by atomic mass is 19.1. The minimum atomic E-state index is -1.47. The summed E-state index contributed by atoms with van der Waals surface area (Å²) in [6.07, 6.45) is 0.154. The Morgan fingerprint density at radius 2 is 1.96 bits per heavy atom. The number of carbonyl (C=O) groups excluding carboxylic acids is 1. The maximum Gasteiger partial charge on any atom is 0.329 e. The van der Waals surface area contributed by atoms with Gasteiger partial charge < -0.3 is 10.4 Å². The fourth-order valence-corrected chi connectivity index (χ4v) is 1.94. The van der Waals surface area contributed by atoms with E-state index in [1.165, 1.54) is 25.1 Å². The van der Waals surface area contributed by atoms with Crippen LogP contribution in [0, 0.1) is 5.82 Å². The summed E-state index contributed by atoms with van der Waals surface area (Å²) >= 11 is 0. The van der Waals surface area contributed by atoms with Gasteiger partial charge in [0.15, 0.2) is 0 Å². The molecule has 126 valence electrons. The Bertz CT molecular complexity index is 849. The number of aliphatic carboxylic acids is 1. The van der Waals surface area contributed by atoms with E-state index < -0.39 is 28.8 Å². The number of hydrogen-bond donors (Lipinski definition) is 2. The highest BCUT2D eigenvalue weighted by molar-refractivity contribution is 5.96. The number of rotatable bonds is 5. The summed E-state index contributed by atoms with van der Waals surface area (Å²) in [7, 11) is 0. The van der Waals surface area contributed by atoms with E-state index in [9.17, 15) is 23.9 Å². The molecule has 0 bridgehead atoms. The van der Waals surface area contributed by atoms with Gasteiger partial charge in [-0.25, -0.2) is 9.18 Å². The van der Waals surface area contributed by atoms with E-state index in [1.807, 2.05) is 0 Å². The molecule has 2 N–H and O–H groups in total. The van der Waals surface area contributed by atoms with Crippen molar-refractivity contribution < 1.29 is 19.1 Å². The molecule has 24 heavy (non-hydrogen) atoms. The van der Waals surface area contributed by atoms with Crippen LogP contribution in [0.15, 0.2) is 41.2 Å². The lowest BCUT2D eigenvalue weighted by molar-refractivity contribution is -0.143. The molecule has 1 aromatic carbocycles. The summed E-state index contributed by atoms with van der Waals surface area (Å²) in [5, 5.41) is 15.4. The number of halogens is 1. The van der Waals surface area contributed by atoms with Crippen LogP contribution in [0.25, 0.3) is 5.69 Å². The van der Waals surface area contributed by atoms with Crippen molar-refractivity contribution in [3.63, 3.8) is 0 Å². The molecular formula is C16H16FN3O4. The molecule has 1 aromatic heterocycles. The fraction of sp³-hybridized carbons (Fsp3) is 0.250. The van der Waals surface area contributed by atoms with Crippen molar-refractivity contribution in [2.45, 2.75) is 25.8 Å². The Balaban J connectivity index is 2.42. The molecule has 8 heteroatoms. The molecule has 1 unspecified atom stereocenters. The van der Waals surface area contributed by atoms with Crippen LogP contribution in [-0.4, -0.2) is 32.3 Å². The van der Waals surface area contributed by atoms with Crippen molar-refractivity contribution in [3.8, 4) is 5.69 Å². The van der Waals surface area contributed by atoms with Crippen LogP contribution in [0.2, 0.25) is 0 Å². The molecule has 2 aromatic rings. The molecule has 2 rings (SSSR count). The van der Waals surface area contributed by atoms with Crippen LogP contribution < -0.4 is 10.9 Å². The normalized spacial score (nSPS) is 13.1. The molecule has 1 heterocycles. The smallest absolute Gasteiger partial charge is 0.329 e. The molecule has 1 atom stereocenters. The average Bonchev–Trinajstić information content (AvgIpc) is 2.55. The second kappa shape index (κ2) is 6.61. The Morgan fingerprint density at radius 3 is 2.54 bits per heavy atom. The molecule has 0 fully saturated rings. The molecule has 7 nitrogen and oxygen atoms in total. The first-order valence-corrected chi connectivity index (χ1v) is 7.19. The number of nitrogens with one attached hydrogen (secondary N) is 1. The largest absolute Gasteiger partial charge is 0.480 e. The molecule has 0 radical (unpaired) electrons. The Hall–Kier alpha value is -3.03. The van der Waals surface area contributed by atoms with E-state index >= 15 is 0 Å². The van der Waals surface area contributed by atoms with Crippen molar-refractivity contribution in [1.82, 2.24) is 15.1 Å². The summed E-state index contributed by atoms with van der Waals surface area (Å²) in [5.74, 6) is -2.64. The van der Waals surface area contributed by atoms with Crippen LogP contribution in [0.3, 0.4) is 0 Å². The Kier molecular flexibility index (Phi) is 4.77. The summed E-state index contributed by atoms with van der Waals surface area (Å²) < 4.78 is 14.6. The third-order valence-corrected chi connectivity index (χ3v) is 3.68. The quantitative estimate of drug-likeness (QED) is 0.860. The molecule has 0 aliphatic rings. The number of amides is 1. The van der Waals surface area contributed by atoms with Crippen molar-refractivity contribution in [2.75, 3.05) is 0 Å². The number of carbonyl (C=O) groups is 2. The van der Waals surface area contributed by atoms with Crippen LogP contribution in [0.4, 0.5) is 4.39 Å². The fourth-order valence-electron chi connectivity index (χ4n) is 1.94. The number of carboxylic acids is 1.